The number of sulfone groups is 3. The molecule has 4 N–H and O–H groups in total. The van der Waals surface area contributed by atoms with Crippen molar-refractivity contribution in [1.29, 1.82) is 5.26 Å². The normalized spacial score (nSPS) is 14.6. The fourth-order valence-corrected chi connectivity index (χ4v) is 15.3. The number of nitrogens with zero attached hydrogens (tertiary/aromatic N) is 2. The van der Waals surface area contributed by atoms with Crippen molar-refractivity contribution < 1.29 is 138 Å². The number of Topliss-reactive ketones (excluding diaryl/α,β-unsaturated/α-hetero) is 1. The van der Waals surface area contributed by atoms with E-state index in [1.165, 1.54) is 68.5 Å². The van der Waals surface area contributed by atoms with Crippen LogP contribution in [-0.2, 0) is 53.4 Å². The van der Waals surface area contributed by atoms with Crippen molar-refractivity contribution in [1.82, 2.24) is 15.5 Å². The molecule has 0 bridgehead atoms. The number of unbranched alkanes of at least 4 members (excludes halogenated alkanes) is 6. The molecule has 0 aromatic heterocycles. The van der Waals surface area contributed by atoms with Gasteiger partial charge in [0.2, 0.25) is 12.2 Å². The third-order valence-electron chi connectivity index (χ3n) is 16.0. The van der Waals surface area contributed by atoms with Crippen LogP contribution in [0.4, 0.5) is 18.0 Å². The number of halogens is 3. The first-order valence-corrected chi connectivity index (χ1v) is 38.6. The summed E-state index contributed by atoms with van der Waals surface area (Å²) in [4.78, 5) is 54.1. The first kappa shape index (κ1) is 97.4. The number of amides is 3. The van der Waals surface area contributed by atoms with Crippen LogP contribution in [-0.4, -0.2) is 154 Å². The predicted octanol–water partition coefficient (Wildman–Crippen LogP) is 6.69. The Balaban J connectivity index is 0. The number of nitrogens with one attached hydrogen (secondary N) is 2. The molecule has 21 nitrogen and oxygen atoms in total. The van der Waals surface area contributed by atoms with Gasteiger partial charge in [0.15, 0.2) is 64.2 Å². The maximum absolute atomic E-state index is 14.0. The molecule has 3 amide bonds. The molecule has 1 aliphatic heterocycles. The Hall–Kier alpha value is -3.65. The van der Waals surface area contributed by atoms with E-state index in [4.69, 9.17) is 30.3 Å². The van der Waals surface area contributed by atoms with E-state index in [-0.39, 0.29) is 199 Å². The van der Waals surface area contributed by atoms with Gasteiger partial charge in [0.1, 0.15) is 12.3 Å². The SMILES string of the molecule is CC(=O)CNCCCCCS(=O)(=O)C[C@@H](C)c1ccc(F)c(OCCC2CC2)c1.CCOC(=O)C=O.C[C@H](CS(=O)(=O)CCCCCN)c1ccc(F)c(OCCC2CC2)c1.C[C@H](CS(=O)(=O)CCCCCN1CC(=O)NC1=O)c1ccc(F)c(OCCC2CC2)c1.N#C[O-].S.S.S.[K+]. The van der Waals surface area contributed by atoms with E-state index < -0.39 is 52.9 Å². The number of hydrogen-bond acceptors (Lipinski definition) is 19. The van der Waals surface area contributed by atoms with E-state index in [2.05, 4.69) is 15.4 Å². The zero-order valence-corrected chi connectivity index (χ0v) is 67.0. The van der Waals surface area contributed by atoms with Gasteiger partial charge in [-0.05, 0) is 173 Å². The number of nitrogens with two attached hydrogens (primary N) is 1. The molecule has 7 rings (SSSR count). The largest absolute Gasteiger partial charge is 1.00 e. The number of carbonyl (C=O) groups is 5. The van der Waals surface area contributed by atoms with Crippen LogP contribution < -0.4 is 87.1 Å². The average Bonchev–Trinajstić information content (AvgIpc) is 1.15. The van der Waals surface area contributed by atoms with Crippen molar-refractivity contribution in [2.75, 3.05) is 93.7 Å². The summed E-state index contributed by atoms with van der Waals surface area (Å²) in [5.41, 5.74) is 7.75. The average molecular weight is 1540 g/mol. The minimum atomic E-state index is -3.27. The molecule has 3 atom stereocenters. The van der Waals surface area contributed by atoms with Gasteiger partial charge in [-0.1, -0.05) is 96.8 Å². The Morgan fingerprint density at radius 2 is 1.00 bits per heavy atom. The minimum Gasteiger partial charge on any atom is -0.812 e. The van der Waals surface area contributed by atoms with Gasteiger partial charge in [0.05, 0.1) is 67.5 Å². The van der Waals surface area contributed by atoms with E-state index in [1.54, 1.807) is 43.3 Å². The van der Waals surface area contributed by atoms with Crippen molar-refractivity contribution in [3.63, 3.8) is 0 Å². The Kier molecular flexibility index (Phi) is 52.3. The summed E-state index contributed by atoms with van der Waals surface area (Å²) >= 11 is 0. The number of ether oxygens (including phenoxy) is 4. The van der Waals surface area contributed by atoms with Gasteiger partial charge < -0.3 is 40.0 Å². The molecule has 3 aliphatic carbocycles. The summed E-state index contributed by atoms with van der Waals surface area (Å²) in [7, 11) is -9.59. The fourth-order valence-electron chi connectivity index (χ4n) is 10.0. The van der Waals surface area contributed by atoms with E-state index in [0.717, 1.165) is 80.0 Å². The molecule has 0 spiro atoms. The second kappa shape index (κ2) is 53.2. The second-order valence-electron chi connectivity index (χ2n) is 24.9. The second-order valence-corrected chi connectivity index (χ2v) is 31.6. The first-order valence-electron chi connectivity index (χ1n) is 33.1. The molecule has 558 valence electrons. The third-order valence-corrected chi connectivity index (χ3v) is 21.8. The smallest absolute Gasteiger partial charge is 0.812 e. The molecule has 4 fully saturated rings. The molecule has 4 aliphatic rings. The fraction of sp³-hybridized carbons (Fsp3) is 0.647. The van der Waals surface area contributed by atoms with Gasteiger partial charge >= 0.3 is 63.4 Å². The summed E-state index contributed by atoms with van der Waals surface area (Å²) in [5, 5.41) is 20.2. The minimum absolute atomic E-state index is 0. The van der Waals surface area contributed by atoms with E-state index in [0.29, 0.717) is 83.7 Å². The molecule has 99 heavy (non-hydrogen) atoms. The Labute approximate surface area is 649 Å². The number of benzene rings is 3. The van der Waals surface area contributed by atoms with Gasteiger partial charge in [-0.25, -0.2) is 53.3 Å². The molecule has 1 saturated heterocycles. The van der Waals surface area contributed by atoms with Crippen molar-refractivity contribution in [3.05, 3.63) is 88.7 Å². The van der Waals surface area contributed by atoms with Crippen LogP contribution in [0.3, 0.4) is 0 Å². The molecular formula is C68H107F3KN5O16S6. The molecular weight excluding hydrogens is 1430 g/mol. The molecule has 0 radical (unpaired) electrons. The van der Waals surface area contributed by atoms with Crippen LogP contribution in [0.2, 0.25) is 0 Å². The summed E-state index contributed by atoms with van der Waals surface area (Å²) < 4.78 is 137. The summed E-state index contributed by atoms with van der Waals surface area (Å²) in [6, 6.07) is 13.5. The molecule has 31 heteroatoms. The van der Waals surface area contributed by atoms with E-state index in [1.807, 2.05) is 20.8 Å². The van der Waals surface area contributed by atoms with Crippen LogP contribution >= 0.6 is 40.5 Å². The van der Waals surface area contributed by atoms with Crippen LogP contribution in [0.1, 0.15) is 185 Å². The first-order chi connectivity index (χ1) is 45.1. The standard InChI is InChI=1S/C22H31FN2O5S.C22H34FNO4S.C19H30FNO3S.C4H6O3.CHNO.K.3H2S/c1-16(18-7-8-19(23)20(13-18)30-11-9-17-5-6-17)15-31(28,29)12-4-2-3-10-25-14-21(26)24-22(25)27;1-17(16-29(26,27)13-5-3-4-11-24-15-18(2)25)20-8-9-21(23)22(14-20)28-12-10-19-6-7-19;1-15(14-25(22,23)12-4-2-3-10-21)17-7-8-18(20)19(13-17)24-11-9-16-5-6-16;1-2-7-4(6)3-5;2-1-3;;;;/h7-8,13,16-17H,2-6,9-12,14-15H2,1H3,(H,24,26,27);8-9,14,17,19,24H,3-7,10-13,15-16H2,1-2H3;7-8,13,15-16H,2-6,9-12,14,21H2,1H3;3H,2H2,1H3;3H;;3*1H2/q;;;;;+1;;;/p-1/t16-;17-;15-;;;;;;/m111....../s1. The van der Waals surface area contributed by atoms with Crippen molar-refractivity contribution in [2.45, 2.75) is 168 Å². The van der Waals surface area contributed by atoms with Gasteiger partial charge in [-0.2, -0.15) is 40.5 Å². The van der Waals surface area contributed by atoms with Crippen molar-refractivity contribution >= 4 is 100.0 Å². The van der Waals surface area contributed by atoms with Gasteiger partial charge in [0.25, 0.3) is 0 Å². The number of urea groups is 1. The van der Waals surface area contributed by atoms with Crippen LogP contribution in [0.25, 0.3) is 0 Å². The quantitative estimate of drug-likeness (QED) is 0.0101. The number of nitriles is 1. The number of imide groups is 1. The predicted molar refractivity (Wildman–Crippen MR) is 388 cm³/mol. The van der Waals surface area contributed by atoms with Crippen molar-refractivity contribution in [3.8, 4) is 23.5 Å². The number of rotatable bonds is 42. The maximum atomic E-state index is 14.0. The van der Waals surface area contributed by atoms with Gasteiger partial charge in [-0.15, -0.1) is 0 Å². The number of aldehydes is 1. The Bertz CT molecular complexity index is 3260. The molecule has 0 unspecified atom stereocenters. The summed E-state index contributed by atoms with van der Waals surface area (Å²) in [6.07, 6.45) is 17.2. The van der Waals surface area contributed by atoms with Crippen LogP contribution in [0, 0.1) is 46.7 Å². The molecule has 3 aromatic rings. The summed E-state index contributed by atoms with van der Waals surface area (Å²) in [6.45, 7) is 12.6. The molecule has 3 saturated carbocycles. The van der Waals surface area contributed by atoms with Crippen LogP contribution in [0.5, 0.6) is 17.2 Å². The molecule has 1 heterocycles. The van der Waals surface area contributed by atoms with Crippen LogP contribution in [0.15, 0.2) is 54.6 Å². The summed E-state index contributed by atoms with van der Waals surface area (Å²) in [5.74, 6) is 0.364. The third kappa shape index (κ3) is 45.2. The number of esters is 1. The Morgan fingerprint density at radius 1 is 0.646 bits per heavy atom. The number of hydrogen-bond donors (Lipinski definition) is 3. The monoisotopic (exact) mass is 1540 g/mol. The topological polar surface area (TPSA) is 325 Å². The number of carbonyl (C=O) groups excluding carboxylic acids is 5. The zero-order chi connectivity index (χ0) is 70.4. The maximum Gasteiger partial charge on any atom is 1.00 e. The Morgan fingerprint density at radius 3 is 1.29 bits per heavy atom. The van der Waals surface area contributed by atoms with Crippen molar-refractivity contribution in [2.24, 2.45) is 23.5 Å². The van der Waals surface area contributed by atoms with Gasteiger partial charge in [0, 0.05) is 12.8 Å². The van der Waals surface area contributed by atoms with E-state index >= 15 is 0 Å². The number of ketones is 1. The molecule has 3 aromatic carbocycles. The van der Waals surface area contributed by atoms with Gasteiger partial charge in [-0.3, -0.25) is 19.7 Å². The zero-order valence-electron chi connectivity index (χ0n) is 58.4. The van der Waals surface area contributed by atoms with E-state index in [9.17, 15) is 62.4 Å².